The third-order valence-electron chi connectivity index (χ3n) is 2.59. The number of methoxy groups -OCH3 is 1. The quantitative estimate of drug-likeness (QED) is 0.831. The number of rotatable bonds is 3. The van der Waals surface area contributed by atoms with E-state index in [1.54, 1.807) is 0 Å². The van der Waals surface area contributed by atoms with E-state index in [1.807, 2.05) is 0 Å². The van der Waals surface area contributed by atoms with E-state index in [9.17, 15) is 14.4 Å². The van der Waals surface area contributed by atoms with Gasteiger partial charge in [-0.3, -0.25) is 9.59 Å². The molecular formula is C13H12N2O5. The Hall–Kier alpha value is -2.70. The summed E-state index contributed by atoms with van der Waals surface area (Å²) in [5.41, 5.74) is 0.254. The van der Waals surface area contributed by atoms with Crippen molar-refractivity contribution in [2.24, 2.45) is 0 Å². The first-order chi connectivity index (χ1) is 9.51. The number of aromatic nitrogens is 2. The van der Waals surface area contributed by atoms with Gasteiger partial charge in [0.2, 0.25) is 0 Å². The molecule has 0 spiro atoms. The summed E-state index contributed by atoms with van der Waals surface area (Å²) in [6.45, 7) is 1.12. The number of aromatic amines is 1. The predicted molar refractivity (Wildman–Crippen MR) is 69.2 cm³/mol. The van der Waals surface area contributed by atoms with Gasteiger partial charge in [0.25, 0.3) is 5.56 Å². The number of carbonyl (C=O) groups excluding carboxylic acids is 2. The Morgan fingerprint density at radius 3 is 2.75 bits per heavy atom. The van der Waals surface area contributed by atoms with Crippen LogP contribution >= 0.6 is 0 Å². The van der Waals surface area contributed by atoms with E-state index >= 15 is 0 Å². The minimum absolute atomic E-state index is 0.136. The van der Waals surface area contributed by atoms with Crippen LogP contribution in [-0.2, 0) is 20.9 Å². The van der Waals surface area contributed by atoms with Crippen LogP contribution in [0.1, 0.15) is 23.1 Å². The number of carbonyl (C=O) groups is 2. The molecule has 0 saturated heterocycles. The second-order valence-corrected chi connectivity index (χ2v) is 4.02. The van der Waals surface area contributed by atoms with Gasteiger partial charge in [-0.05, 0) is 18.2 Å². The van der Waals surface area contributed by atoms with Crippen LogP contribution < -0.4 is 5.56 Å². The van der Waals surface area contributed by atoms with Gasteiger partial charge < -0.3 is 14.5 Å². The van der Waals surface area contributed by atoms with Crippen molar-refractivity contribution in [2.45, 2.75) is 13.5 Å². The maximum Gasteiger partial charge on any atom is 0.337 e. The highest BCUT2D eigenvalue weighted by atomic mass is 16.5. The Balaban J connectivity index is 2.47. The van der Waals surface area contributed by atoms with E-state index in [-0.39, 0.29) is 23.6 Å². The summed E-state index contributed by atoms with van der Waals surface area (Å²) in [6, 6.07) is 4.42. The smallest absolute Gasteiger partial charge is 0.337 e. The first-order valence-electron chi connectivity index (χ1n) is 5.76. The van der Waals surface area contributed by atoms with Gasteiger partial charge in [0.1, 0.15) is 12.4 Å². The second kappa shape index (κ2) is 5.52. The number of ether oxygens (including phenoxy) is 2. The zero-order valence-corrected chi connectivity index (χ0v) is 10.9. The lowest BCUT2D eigenvalue weighted by atomic mass is 10.1. The molecule has 1 N–H and O–H groups in total. The monoisotopic (exact) mass is 276 g/mol. The van der Waals surface area contributed by atoms with E-state index in [1.165, 1.54) is 32.2 Å². The van der Waals surface area contributed by atoms with Gasteiger partial charge in [0, 0.05) is 6.92 Å². The number of benzene rings is 1. The fraction of sp³-hybridized carbons (Fsp3) is 0.231. The highest BCUT2D eigenvalue weighted by Crippen LogP contribution is 2.11. The minimum Gasteiger partial charge on any atom is -0.465 e. The predicted octanol–water partition coefficient (Wildman–Crippen LogP) is 0.773. The first-order valence-corrected chi connectivity index (χ1v) is 5.76. The van der Waals surface area contributed by atoms with E-state index in [0.29, 0.717) is 10.9 Å². The molecule has 0 radical (unpaired) electrons. The molecule has 0 aliphatic heterocycles. The maximum atomic E-state index is 11.8. The fourth-order valence-electron chi connectivity index (χ4n) is 1.67. The first kappa shape index (κ1) is 13.7. The molecule has 7 heteroatoms. The van der Waals surface area contributed by atoms with Gasteiger partial charge >= 0.3 is 11.9 Å². The van der Waals surface area contributed by atoms with E-state index in [0.717, 1.165) is 0 Å². The highest BCUT2D eigenvalue weighted by molar-refractivity contribution is 5.93. The number of hydrogen-bond acceptors (Lipinski definition) is 6. The van der Waals surface area contributed by atoms with Gasteiger partial charge in [-0.25, -0.2) is 9.78 Å². The maximum absolute atomic E-state index is 11.8. The lowest BCUT2D eigenvalue weighted by molar-refractivity contribution is -0.142. The molecule has 0 atom stereocenters. The number of nitrogens with one attached hydrogen (secondary N) is 1. The Morgan fingerprint density at radius 2 is 2.10 bits per heavy atom. The third-order valence-corrected chi connectivity index (χ3v) is 2.59. The summed E-state index contributed by atoms with van der Waals surface area (Å²) in [5, 5.41) is 0.337. The summed E-state index contributed by atoms with van der Waals surface area (Å²) in [7, 11) is 1.27. The number of H-pyrrole nitrogens is 1. The van der Waals surface area contributed by atoms with Crippen LogP contribution in [0.4, 0.5) is 0 Å². The number of hydrogen-bond donors (Lipinski definition) is 1. The lowest BCUT2D eigenvalue weighted by Gasteiger charge is -2.04. The summed E-state index contributed by atoms with van der Waals surface area (Å²) in [5.74, 6) is -0.786. The molecule has 20 heavy (non-hydrogen) atoms. The molecule has 0 fully saturated rings. The standard InChI is InChI=1S/C13H12N2O5/c1-7(16)20-6-11-14-10-5-8(13(18)19-2)3-4-9(10)12(17)15-11/h3-5H,6H2,1-2H3,(H,14,15,17). The molecule has 2 aromatic rings. The van der Waals surface area contributed by atoms with Crippen molar-refractivity contribution in [1.29, 1.82) is 0 Å². The fourth-order valence-corrected chi connectivity index (χ4v) is 1.67. The minimum atomic E-state index is -0.518. The molecule has 7 nitrogen and oxygen atoms in total. The average Bonchev–Trinajstić information content (AvgIpc) is 2.43. The van der Waals surface area contributed by atoms with Gasteiger partial charge in [-0.1, -0.05) is 0 Å². The summed E-state index contributed by atoms with van der Waals surface area (Å²) >= 11 is 0. The molecule has 2 rings (SSSR count). The van der Waals surface area contributed by atoms with Crippen LogP contribution in [0.15, 0.2) is 23.0 Å². The largest absolute Gasteiger partial charge is 0.465 e. The summed E-state index contributed by atoms with van der Waals surface area (Å²) < 4.78 is 9.37. The Bertz CT molecular complexity index is 735. The molecule has 0 aliphatic carbocycles. The average molecular weight is 276 g/mol. The van der Waals surface area contributed by atoms with Crippen molar-refractivity contribution >= 4 is 22.8 Å². The topological polar surface area (TPSA) is 98.4 Å². The molecular weight excluding hydrogens is 264 g/mol. The molecule has 0 unspecified atom stereocenters. The number of fused-ring (bicyclic) bond motifs is 1. The Morgan fingerprint density at radius 1 is 1.35 bits per heavy atom. The van der Waals surface area contributed by atoms with Gasteiger partial charge in [-0.15, -0.1) is 0 Å². The van der Waals surface area contributed by atoms with Crippen molar-refractivity contribution < 1.29 is 19.1 Å². The summed E-state index contributed by atoms with van der Waals surface area (Å²) in [6.07, 6.45) is 0. The number of esters is 2. The van der Waals surface area contributed by atoms with Crippen molar-refractivity contribution in [3.8, 4) is 0 Å². The highest BCUT2D eigenvalue weighted by Gasteiger charge is 2.10. The molecule has 104 valence electrons. The van der Waals surface area contributed by atoms with Gasteiger partial charge in [0.05, 0.1) is 23.6 Å². The molecule has 1 aromatic carbocycles. The molecule has 0 bridgehead atoms. The van der Waals surface area contributed by atoms with Gasteiger partial charge in [-0.2, -0.15) is 0 Å². The van der Waals surface area contributed by atoms with Crippen LogP contribution in [0.25, 0.3) is 10.9 Å². The Kier molecular flexibility index (Phi) is 3.79. The van der Waals surface area contributed by atoms with Crippen LogP contribution in [0.3, 0.4) is 0 Å². The second-order valence-electron chi connectivity index (χ2n) is 4.02. The normalized spacial score (nSPS) is 10.3. The zero-order chi connectivity index (χ0) is 14.7. The zero-order valence-electron chi connectivity index (χ0n) is 10.9. The van der Waals surface area contributed by atoms with Crippen LogP contribution in [0.2, 0.25) is 0 Å². The van der Waals surface area contributed by atoms with Crippen molar-refractivity contribution in [3.63, 3.8) is 0 Å². The van der Waals surface area contributed by atoms with E-state index in [2.05, 4.69) is 14.7 Å². The SMILES string of the molecule is COC(=O)c1ccc2c(=O)[nH]c(COC(C)=O)nc2c1. The molecule has 0 amide bonds. The van der Waals surface area contributed by atoms with E-state index in [4.69, 9.17) is 4.74 Å². The van der Waals surface area contributed by atoms with Crippen LogP contribution in [0.5, 0.6) is 0 Å². The van der Waals surface area contributed by atoms with E-state index < -0.39 is 11.9 Å². The van der Waals surface area contributed by atoms with Crippen molar-refractivity contribution in [3.05, 3.63) is 39.9 Å². The molecule has 0 saturated carbocycles. The van der Waals surface area contributed by atoms with Gasteiger partial charge in [0.15, 0.2) is 0 Å². The van der Waals surface area contributed by atoms with Crippen molar-refractivity contribution in [2.75, 3.05) is 7.11 Å². The molecule has 1 heterocycles. The number of nitrogens with zero attached hydrogens (tertiary/aromatic N) is 1. The van der Waals surface area contributed by atoms with Crippen LogP contribution in [0, 0.1) is 0 Å². The van der Waals surface area contributed by atoms with Crippen molar-refractivity contribution in [1.82, 2.24) is 9.97 Å². The molecule has 0 aliphatic rings. The van der Waals surface area contributed by atoms with Crippen LogP contribution in [-0.4, -0.2) is 29.0 Å². The lowest BCUT2D eigenvalue weighted by Crippen LogP contribution is -2.14. The summed E-state index contributed by atoms with van der Waals surface area (Å²) in [4.78, 5) is 40.7. The molecule has 1 aromatic heterocycles. The Labute approximate surface area is 113 Å². The third kappa shape index (κ3) is 2.82.